The van der Waals surface area contributed by atoms with Crippen LogP contribution < -0.4 is 0 Å². The van der Waals surface area contributed by atoms with Gasteiger partial charge in [0.1, 0.15) is 24.7 Å². The van der Waals surface area contributed by atoms with Crippen molar-refractivity contribution >= 4 is 11.9 Å². The van der Waals surface area contributed by atoms with Crippen LogP contribution in [-0.2, 0) is 32.3 Å². The van der Waals surface area contributed by atoms with E-state index in [0.29, 0.717) is 11.1 Å². The summed E-state index contributed by atoms with van der Waals surface area (Å²) < 4.78 is 9.82. The van der Waals surface area contributed by atoms with Crippen LogP contribution in [-0.4, -0.2) is 22.2 Å². The number of ether oxygens (including phenoxy) is 2. The fraction of sp³-hybridized carbons (Fsp3) is 0.222. The van der Waals surface area contributed by atoms with Crippen molar-refractivity contribution in [1.29, 1.82) is 0 Å². The van der Waals surface area contributed by atoms with E-state index in [1.807, 2.05) is 0 Å². The molecule has 0 amide bonds. The van der Waals surface area contributed by atoms with Crippen molar-refractivity contribution in [3.63, 3.8) is 0 Å². The number of hydrogen-bond acceptors (Lipinski definition) is 6. The fourth-order valence-electron chi connectivity index (χ4n) is 2.12. The molecule has 24 heavy (non-hydrogen) atoms. The number of carbonyl (C=O) groups is 2. The highest BCUT2D eigenvalue weighted by Crippen LogP contribution is 2.30. The molecule has 0 aliphatic carbocycles. The number of aromatic hydroxyl groups is 2. The molecule has 0 fully saturated rings. The molecule has 0 aliphatic rings. The van der Waals surface area contributed by atoms with Crippen LogP contribution >= 0.6 is 0 Å². The highest BCUT2D eigenvalue weighted by molar-refractivity contribution is 5.69. The second kappa shape index (κ2) is 7.50. The molecule has 126 valence electrons. The molecule has 2 aromatic rings. The van der Waals surface area contributed by atoms with Crippen LogP contribution in [0, 0.1) is 0 Å². The zero-order valence-electron chi connectivity index (χ0n) is 13.4. The number of phenolic OH excluding ortho intramolecular Hbond substituents is 2. The minimum Gasteiger partial charge on any atom is -0.508 e. The molecule has 6 nitrogen and oxygen atoms in total. The van der Waals surface area contributed by atoms with Crippen molar-refractivity contribution < 1.29 is 29.3 Å². The van der Waals surface area contributed by atoms with Crippen molar-refractivity contribution in [2.75, 3.05) is 0 Å². The van der Waals surface area contributed by atoms with Crippen LogP contribution in [0.5, 0.6) is 11.5 Å². The van der Waals surface area contributed by atoms with Gasteiger partial charge in [-0.25, -0.2) is 0 Å². The molecule has 0 unspecified atom stereocenters. The molecular formula is C18H18O6. The van der Waals surface area contributed by atoms with Gasteiger partial charge in [-0.1, -0.05) is 12.1 Å². The summed E-state index contributed by atoms with van der Waals surface area (Å²) >= 11 is 0. The summed E-state index contributed by atoms with van der Waals surface area (Å²) in [5, 5.41) is 19.7. The second-order valence-corrected chi connectivity index (χ2v) is 5.25. The molecule has 0 radical (unpaired) electrons. The molecular weight excluding hydrogens is 312 g/mol. The Morgan fingerprint density at radius 1 is 0.792 bits per heavy atom. The summed E-state index contributed by atoms with van der Waals surface area (Å²) in [6.07, 6.45) is 0. The highest BCUT2D eigenvalue weighted by atomic mass is 16.5. The Bertz CT molecular complexity index is 701. The van der Waals surface area contributed by atoms with Crippen LogP contribution in [0.4, 0.5) is 0 Å². The molecule has 0 aromatic heterocycles. The topological polar surface area (TPSA) is 93.1 Å². The smallest absolute Gasteiger partial charge is 0.302 e. The van der Waals surface area contributed by atoms with E-state index in [0.717, 1.165) is 11.1 Å². The maximum Gasteiger partial charge on any atom is 0.302 e. The van der Waals surface area contributed by atoms with Gasteiger partial charge in [0, 0.05) is 25.0 Å². The van der Waals surface area contributed by atoms with Crippen molar-refractivity contribution in [1.82, 2.24) is 0 Å². The number of carbonyl (C=O) groups excluding carboxylic acids is 2. The van der Waals surface area contributed by atoms with Gasteiger partial charge in [0.2, 0.25) is 0 Å². The van der Waals surface area contributed by atoms with E-state index in [2.05, 4.69) is 0 Å². The van der Waals surface area contributed by atoms with E-state index in [9.17, 15) is 19.8 Å². The Hall–Kier alpha value is -3.02. The molecule has 0 atom stereocenters. The highest BCUT2D eigenvalue weighted by Gasteiger charge is 2.09. The Balaban J connectivity index is 2.30. The summed E-state index contributed by atoms with van der Waals surface area (Å²) in [7, 11) is 0. The maximum absolute atomic E-state index is 10.9. The van der Waals surface area contributed by atoms with Crippen molar-refractivity contribution in [3.05, 3.63) is 47.5 Å². The zero-order chi connectivity index (χ0) is 17.7. The lowest BCUT2D eigenvalue weighted by atomic mass is 10.0. The van der Waals surface area contributed by atoms with Gasteiger partial charge in [-0.05, 0) is 35.4 Å². The van der Waals surface area contributed by atoms with Crippen LogP contribution in [0.1, 0.15) is 25.0 Å². The maximum atomic E-state index is 10.9. The van der Waals surface area contributed by atoms with Crippen molar-refractivity contribution in [3.8, 4) is 22.6 Å². The van der Waals surface area contributed by atoms with Crippen molar-refractivity contribution in [2.24, 2.45) is 0 Å². The van der Waals surface area contributed by atoms with Gasteiger partial charge >= 0.3 is 11.9 Å². The first-order valence-electron chi connectivity index (χ1n) is 7.27. The predicted octanol–water partition coefficient (Wildman–Crippen LogP) is 2.89. The third-order valence-electron chi connectivity index (χ3n) is 3.35. The Kier molecular flexibility index (Phi) is 5.42. The van der Waals surface area contributed by atoms with Crippen LogP contribution in [0.2, 0.25) is 0 Å². The van der Waals surface area contributed by atoms with Crippen molar-refractivity contribution in [2.45, 2.75) is 27.1 Å². The van der Waals surface area contributed by atoms with Gasteiger partial charge < -0.3 is 19.7 Å². The van der Waals surface area contributed by atoms with E-state index in [4.69, 9.17) is 9.47 Å². The van der Waals surface area contributed by atoms with Gasteiger partial charge in [-0.3, -0.25) is 9.59 Å². The average molecular weight is 330 g/mol. The van der Waals surface area contributed by atoms with E-state index >= 15 is 0 Å². The lowest BCUT2D eigenvalue weighted by molar-refractivity contribution is -0.143. The first-order chi connectivity index (χ1) is 11.4. The number of hydrogen-bond donors (Lipinski definition) is 2. The van der Waals surface area contributed by atoms with E-state index in [-0.39, 0.29) is 24.7 Å². The van der Waals surface area contributed by atoms with Gasteiger partial charge in [-0.2, -0.15) is 0 Å². The molecule has 0 bridgehead atoms. The third-order valence-corrected chi connectivity index (χ3v) is 3.35. The van der Waals surface area contributed by atoms with Crippen LogP contribution in [0.3, 0.4) is 0 Å². The Labute approximate surface area is 139 Å². The molecule has 2 aromatic carbocycles. The lowest BCUT2D eigenvalue weighted by Gasteiger charge is -2.11. The first kappa shape index (κ1) is 17.3. The third kappa shape index (κ3) is 4.49. The average Bonchev–Trinajstić information content (AvgIpc) is 2.53. The van der Waals surface area contributed by atoms with Crippen LogP contribution in [0.25, 0.3) is 11.1 Å². The van der Waals surface area contributed by atoms with E-state index in [1.54, 1.807) is 24.3 Å². The fourth-order valence-corrected chi connectivity index (χ4v) is 2.12. The standard InChI is InChI=1S/C18H18O6/c1-11(19)23-9-15-7-13(3-5-17(15)21)14-4-6-18(22)16(8-14)10-24-12(2)20/h3-8,21-22H,9-10H2,1-2H3. The lowest BCUT2D eigenvalue weighted by Crippen LogP contribution is -2.00. The minimum absolute atomic E-state index is 0.0268. The predicted molar refractivity (Wildman–Crippen MR) is 86.1 cm³/mol. The second-order valence-electron chi connectivity index (χ2n) is 5.25. The summed E-state index contributed by atoms with van der Waals surface area (Å²) in [6, 6.07) is 9.81. The molecule has 0 aliphatic heterocycles. The molecule has 6 heteroatoms. The quantitative estimate of drug-likeness (QED) is 0.819. The van der Waals surface area contributed by atoms with Gasteiger partial charge in [0.25, 0.3) is 0 Å². The van der Waals surface area contributed by atoms with Gasteiger partial charge in [-0.15, -0.1) is 0 Å². The number of rotatable bonds is 5. The molecule has 0 saturated carbocycles. The molecule has 0 heterocycles. The number of benzene rings is 2. The summed E-state index contributed by atoms with van der Waals surface area (Å²) in [4.78, 5) is 21.8. The van der Waals surface area contributed by atoms with E-state index < -0.39 is 11.9 Å². The Morgan fingerprint density at radius 2 is 1.17 bits per heavy atom. The van der Waals surface area contributed by atoms with E-state index in [1.165, 1.54) is 26.0 Å². The molecule has 2 rings (SSSR count). The normalized spacial score (nSPS) is 10.2. The SMILES string of the molecule is CC(=O)OCc1cc(-c2ccc(O)c(COC(C)=O)c2)ccc1O. The monoisotopic (exact) mass is 330 g/mol. The Morgan fingerprint density at radius 3 is 1.50 bits per heavy atom. The molecule has 0 spiro atoms. The van der Waals surface area contributed by atoms with Crippen LogP contribution in [0.15, 0.2) is 36.4 Å². The van der Waals surface area contributed by atoms with Gasteiger partial charge in [0.15, 0.2) is 0 Å². The first-order valence-corrected chi connectivity index (χ1v) is 7.27. The number of phenols is 2. The summed E-state index contributed by atoms with van der Waals surface area (Å²) in [5.74, 6) is -0.820. The summed E-state index contributed by atoms with van der Waals surface area (Å²) in [6.45, 7) is 2.52. The molecule has 2 N–H and O–H groups in total. The summed E-state index contributed by atoms with van der Waals surface area (Å²) in [5.41, 5.74) is 2.47. The zero-order valence-corrected chi connectivity index (χ0v) is 13.4. The van der Waals surface area contributed by atoms with Gasteiger partial charge in [0.05, 0.1) is 0 Å². The largest absolute Gasteiger partial charge is 0.508 e. The molecule has 0 saturated heterocycles. The minimum atomic E-state index is -0.437. The number of esters is 2.